The second-order valence-electron chi connectivity index (χ2n) is 6.66. The van der Waals surface area contributed by atoms with E-state index in [2.05, 4.69) is 11.4 Å². The SMILES string of the molecule is CC(C)C(NC(=O)c1ccc(-c2ccccc2C#N)cc1)C(=O)N(C)C. The summed E-state index contributed by atoms with van der Waals surface area (Å²) in [5.74, 6) is -0.442. The van der Waals surface area contributed by atoms with Gasteiger partial charge in [0.2, 0.25) is 5.91 Å². The molecule has 1 unspecified atom stereocenters. The smallest absolute Gasteiger partial charge is 0.251 e. The Labute approximate surface area is 154 Å². The fourth-order valence-corrected chi connectivity index (χ4v) is 2.65. The average Bonchev–Trinajstić information content (AvgIpc) is 2.65. The molecule has 2 aromatic carbocycles. The van der Waals surface area contributed by atoms with Gasteiger partial charge in [-0.3, -0.25) is 9.59 Å². The van der Waals surface area contributed by atoms with Crippen LogP contribution in [0.2, 0.25) is 0 Å². The average molecular weight is 349 g/mol. The number of nitrogens with one attached hydrogen (secondary N) is 1. The summed E-state index contributed by atoms with van der Waals surface area (Å²) in [6.45, 7) is 3.79. The highest BCUT2D eigenvalue weighted by Crippen LogP contribution is 2.23. The summed E-state index contributed by atoms with van der Waals surface area (Å²) in [5.41, 5.74) is 2.75. The van der Waals surface area contributed by atoms with Crippen LogP contribution in [0.1, 0.15) is 29.8 Å². The van der Waals surface area contributed by atoms with Crippen molar-refractivity contribution in [3.05, 3.63) is 59.7 Å². The van der Waals surface area contributed by atoms with Gasteiger partial charge in [-0.1, -0.05) is 44.2 Å². The van der Waals surface area contributed by atoms with Crippen LogP contribution >= 0.6 is 0 Å². The Morgan fingerprint density at radius 2 is 1.65 bits per heavy atom. The topological polar surface area (TPSA) is 73.2 Å². The molecule has 0 fully saturated rings. The highest BCUT2D eigenvalue weighted by atomic mass is 16.2. The van der Waals surface area contributed by atoms with Gasteiger partial charge in [0.05, 0.1) is 11.6 Å². The maximum absolute atomic E-state index is 12.5. The molecular weight excluding hydrogens is 326 g/mol. The summed E-state index contributed by atoms with van der Waals surface area (Å²) in [5, 5.41) is 12.0. The van der Waals surface area contributed by atoms with Crippen LogP contribution in [0.5, 0.6) is 0 Å². The van der Waals surface area contributed by atoms with Gasteiger partial charge in [-0.25, -0.2) is 0 Å². The van der Waals surface area contributed by atoms with Crippen LogP contribution in [0.4, 0.5) is 0 Å². The van der Waals surface area contributed by atoms with Crippen molar-refractivity contribution in [2.75, 3.05) is 14.1 Å². The predicted molar refractivity (Wildman–Crippen MR) is 101 cm³/mol. The lowest BCUT2D eigenvalue weighted by Crippen LogP contribution is -2.49. The minimum absolute atomic E-state index is 0.0179. The Bertz CT molecular complexity index is 833. The molecule has 5 nitrogen and oxygen atoms in total. The molecule has 0 aliphatic rings. The molecule has 1 N–H and O–H groups in total. The van der Waals surface area contributed by atoms with Crippen molar-refractivity contribution >= 4 is 11.8 Å². The van der Waals surface area contributed by atoms with Crippen LogP contribution in [-0.2, 0) is 4.79 Å². The molecule has 0 radical (unpaired) electrons. The van der Waals surface area contributed by atoms with Gasteiger partial charge in [-0.2, -0.15) is 5.26 Å². The lowest BCUT2D eigenvalue weighted by Gasteiger charge is -2.24. The van der Waals surface area contributed by atoms with Gasteiger partial charge in [-0.05, 0) is 35.2 Å². The number of likely N-dealkylation sites (N-methyl/N-ethyl adjacent to an activating group) is 1. The zero-order chi connectivity index (χ0) is 19.3. The minimum atomic E-state index is -0.573. The van der Waals surface area contributed by atoms with Crippen molar-refractivity contribution in [3.8, 4) is 17.2 Å². The quantitative estimate of drug-likeness (QED) is 0.901. The molecule has 0 saturated heterocycles. The third-order valence-electron chi connectivity index (χ3n) is 4.17. The van der Waals surface area contributed by atoms with E-state index < -0.39 is 6.04 Å². The Morgan fingerprint density at radius 1 is 1.04 bits per heavy atom. The van der Waals surface area contributed by atoms with Crippen LogP contribution in [0.15, 0.2) is 48.5 Å². The van der Waals surface area contributed by atoms with Crippen molar-refractivity contribution in [1.82, 2.24) is 10.2 Å². The third-order valence-corrected chi connectivity index (χ3v) is 4.17. The molecule has 0 saturated carbocycles. The van der Waals surface area contributed by atoms with Crippen molar-refractivity contribution in [2.24, 2.45) is 5.92 Å². The fraction of sp³-hybridized carbons (Fsp3) is 0.286. The highest BCUT2D eigenvalue weighted by molar-refractivity contribution is 5.98. The summed E-state index contributed by atoms with van der Waals surface area (Å²) in [4.78, 5) is 26.2. The molecule has 5 heteroatoms. The lowest BCUT2D eigenvalue weighted by atomic mass is 9.98. The Morgan fingerprint density at radius 3 is 2.19 bits per heavy atom. The van der Waals surface area contributed by atoms with Crippen molar-refractivity contribution in [2.45, 2.75) is 19.9 Å². The summed E-state index contributed by atoms with van der Waals surface area (Å²) >= 11 is 0. The zero-order valence-corrected chi connectivity index (χ0v) is 15.5. The monoisotopic (exact) mass is 349 g/mol. The summed E-state index contributed by atoms with van der Waals surface area (Å²) in [6, 6.07) is 15.9. The lowest BCUT2D eigenvalue weighted by molar-refractivity contribution is -0.131. The van der Waals surface area contributed by atoms with Crippen molar-refractivity contribution in [1.29, 1.82) is 5.26 Å². The van der Waals surface area contributed by atoms with Gasteiger partial charge in [0, 0.05) is 19.7 Å². The number of nitriles is 1. The van der Waals surface area contributed by atoms with Crippen LogP contribution < -0.4 is 5.32 Å². The van der Waals surface area contributed by atoms with E-state index in [1.165, 1.54) is 4.90 Å². The second-order valence-corrected chi connectivity index (χ2v) is 6.66. The van der Waals surface area contributed by atoms with E-state index in [4.69, 9.17) is 0 Å². The Hall–Kier alpha value is -3.13. The van der Waals surface area contributed by atoms with E-state index in [0.717, 1.165) is 11.1 Å². The number of carbonyl (C=O) groups excluding carboxylic acids is 2. The second kappa shape index (κ2) is 8.30. The molecule has 0 aliphatic heterocycles. The van der Waals surface area contributed by atoms with Gasteiger partial charge in [-0.15, -0.1) is 0 Å². The molecule has 0 spiro atoms. The van der Waals surface area contributed by atoms with E-state index >= 15 is 0 Å². The largest absolute Gasteiger partial charge is 0.347 e. The summed E-state index contributed by atoms with van der Waals surface area (Å²) in [7, 11) is 3.34. The van der Waals surface area contributed by atoms with Crippen LogP contribution in [-0.4, -0.2) is 36.9 Å². The maximum atomic E-state index is 12.5. The number of benzene rings is 2. The van der Waals surface area contributed by atoms with E-state index in [1.807, 2.05) is 44.2 Å². The van der Waals surface area contributed by atoms with Crippen LogP contribution in [0.25, 0.3) is 11.1 Å². The first-order valence-corrected chi connectivity index (χ1v) is 8.46. The third kappa shape index (κ3) is 4.28. The minimum Gasteiger partial charge on any atom is -0.347 e. The molecule has 2 rings (SSSR count). The van der Waals surface area contributed by atoms with Gasteiger partial charge in [0.15, 0.2) is 0 Å². The number of rotatable bonds is 5. The van der Waals surface area contributed by atoms with Gasteiger partial charge < -0.3 is 10.2 Å². The van der Waals surface area contributed by atoms with Crippen LogP contribution in [0, 0.1) is 17.2 Å². The summed E-state index contributed by atoms with van der Waals surface area (Å²) in [6.07, 6.45) is 0. The highest BCUT2D eigenvalue weighted by Gasteiger charge is 2.25. The number of carbonyl (C=O) groups is 2. The maximum Gasteiger partial charge on any atom is 0.251 e. The standard InChI is InChI=1S/C21H23N3O2/c1-14(2)19(21(26)24(3)4)23-20(25)16-11-9-15(10-12-16)18-8-6-5-7-17(18)13-22/h5-12,14,19H,1-4H3,(H,23,25). The van der Waals surface area contributed by atoms with Crippen molar-refractivity contribution < 1.29 is 9.59 Å². The molecule has 2 aromatic rings. The Balaban J connectivity index is 2.21. The molecule has 0 aromatic heterocycles. The number of hydrogen-bond donors (Lipinski definition) is 1. The first-order chi connectivity index (χ1) is 12.3. The molecule has 134 valence electrons. The number of hydrogen-bond acceptors (Lipinski definition) is 3. The van der Waals surface area contributed by atoms with Crippen LogP contribution in [0.3, 0.4) is 0 Å². The molecule has 0 aliphatic carbocycles. The molecule has 0 heterocycles. The van der Waals surface area contributed by atoms with E-state index in [0.29, 0.717) is 11.1 Å². The normalized spacial score (nSPS) is 11.5. The molecule has 0 bridgehead atoms. The summed E-state index contributed by atoms with van der Waals surface area (Å²) < 4.78 is 0. The van der Waals surface area contributed by atoms with Crippen molar-refractivity contribution in [3.63, 3.8) is 0 Å². The van der Waals surface area contributed by atoms with E-state index in [1.54, 1.807) is 32.3 Å². The van der Waals surface area contributed by atoms with Gasteiger partial charge in [0.1, 0.15) is 6.04 Å². The molecule has 26 heavy (non-hydrogen) atoms. The zero-order valence-electron chi connectivity index (χ0n) is 15.5. The van der Waals surface area contributed by atoms with E-state index in [-0.39, 0.29) is 17.7 Å². The molecule has 2 amide bonds. The first-order valence-electron chi connectivity index (χ1n) is 8.46. The molecule has 1 atom stereocenters. The fourth-order valence-electron chi connectivity index (χ4n) is 2.65. The Kier molecular flexibility index (Phi) is 6.13. The number of nitrogens with zero attached hydrogens (tertiary/aromatic N) is 2. The molecular formula is C21H23N3O2. The predicted octanol–water partition coefficient (Wildman–Crippen LogP) is 3.07. The number of amides is 2. The van der Waals surface area contributed by atoms with Gasteiger partial charge in [0.25, 0.3) is 5.91 Å². The first kappa shape index (κ1) is 19.2. The van der Waals surface area contributed by atoms with Gasteiger partial charge >= 0.3 is 0 Å². The van der Waals surface area contributed by atoms with E-state index in [9.17, 15) is 14.9 Å².